The van der Waals surface area contributed by atoms with Crippen molar-refractivity contribution in [3.8, 4) is 0 Å². The zero-order valence-electron chi connectivity index (χ0n) is 11.6. The second-order valence-corrected chi connectivity index (χ2v) is 5.41. The quantitative estimate of drug-likeness (QED) is 0.865. The number of hydrogen-bond donors (Lipinski definition) is 2. The molecule has 1 unspecified atom stereocenters. The van der Waals surface area contributed by atoms with Crippen LogP contribution in [0.2, 0.25) is 0 Å². The lowest BCUT2D eigenvalue weighted by molar-refractivity contribution is 0.138. The van der Waals surface area contributed by atoms with E-state index in [1.807, 2.05) is 0 Å². The third-order valence-corrected chi connectivity index (χ3v) is 4.23. The SMILES string of the molecule is NCC(c1ccc(F)cc1F)C1CCN(CCO)CC1. The molecule has 0 aromatic heterocycles. The molecular formula is C15H22F2N2O. The Labute approximate surface area is 118 Å². The molecule has 0 aliphatic carbocycles. The summed E-state index contributed by atoms with van der Waals surface area (Å²) >= 11 is 0. The fourth-order valence-electron chi connectivity index (χ4n) is 3.10. The minimum Gasteiger partial charge on any atom is -0.395 e. The van der Waals surface area contributed by atoms with E-state index >= 15 is 0 Å². The molecule has 0 spiro atoms. The first-order valence-corrected chi connectivity index (χ1v) is 7.14. The van der Waals surface area contributed by atoms with Gasteiger partial charge in [0, 0.05) is 18.5 Å². The smallest absolute Gasteiger partial charge is 0.129 e. The van der Waals surface area contributed by atoms with Gasteiger partial charge in [-0.3, -0.25) is 0 Å². The highest BCUT2D eigenvalue weighted by Crippen LogP contribution is 2.33. The van der Waals surface area contributed by atoms with Gasteiger partial charge in [0.1, 0.15) is 11.6 Å². The van der Waals surface area contributed by atoms with Crippen LogP contribution in [0.3, 0.4) is 0 Å². The van der Waals surface area contributed by atoms with Crippen LogP contribution in [0.5, 0.6) is 0 Å². The summed E-state index contributed by atoms with van der Waals surface area (Å²) in [4.78, 5) is 2.20. The zero-order valence-corrected chi connectivity index (χ0v) is 11.6. The predicted molar refractivity (Wildman–Crippen MR) is 74.4 cm³/mol. The second-order valence-electron chi connectivity index (χ2n) is 5.41. The third-order valence-electron chi connectivity index (χ3n) is 4.23. The van der Waals surface area contributed by atoms with Crippen molar-refractivity contribution in [3.63, 3.8) is 0 Å². The van der Waals surface area contributed by atoms with E-state index in [-0.39, 0.29) is 12.5 Å². The van der Waals surface area contributed by atoms with Gasteiger partial charge in [-0.2, -0.15) is 0 Å². The summed E-state index contributed by atoms with van der Waals surface area (Å²) in [5.41, 5.74) is 6.34. The molecule has 5 heteroatoms. The maximum atomic E-state index is 13.9. The van der Waals surface area contributed by atoms with Gasteiger partial charge >= 0.3 is 0 Å². The van der Waals surface area contributed by atoms with Crippen LogP contribution in [0.1, 0.15) is 24.3 Å². The number of β-amino-alcohol motifs (C(OH)–C–C–N with tert-alkyl or cyclic N) is 1. The van der Waals surface area contributed by atoms with Crippen molar-refractivity contribution in [2.45, 2.75) is 18.8 Å². The number of aliphatic hydroxyl groups excluding tert-OH is 1. The monoisotopic (exact) mass is 284 g/mol. The van der Waals surface area contributed by atoms with Gasteiger partial charge in [0.2, 0.25) is 0 Å². The number of likely N-dealkylation sites (tertiary alicyclic amines) is 1. The van der Waals surface area contributed by atoms with E-state index < -0.39 is 11.6 Å². The van der Waals surface area contributed by atoms with Gasteiger partial charge in [0.05, 0.1) is 6.61 Å². The van der Waals surface area contributed by atoms with Gasteiger partial charge < -0.3 is 15.7 Å². The topological polar surface area (TPSA) is 49.5 Å². The van der Waals surface area contributed by atoms with Crippen LogP contribution in [0, 0.1) is 17.6 Å². The molecule has 3 nitrogen and oxygen atoms in total. The fourth-order valence-corrected chi connectivity index (χ4v) is 3.10. The van der Waals surface area contributed by atoms with Crippen LogP contribution >= 0.6 is 0 Å². The highest BCUT2D eigenvalue weighted by Gasteiger charge is 2.28. The number of hydrogen-bond acceptors (Lipinski definition) is 3. The second kappa shape index (κ2) is 7.11. The maximum absolute atomic E-state index is 13.9. The number of halogens is 2. The van der Waals surface area contributed by atoms with E-state index in [1.54, 1.807) is 0 Å². The summed E-state index contributed by atoms with van der Waals surface area (Å²) in [6, 6.07) is 3.74. The highest BCUT2D eigenvalue weighted by molar-refractivity contribution is 5.24. The lowest BCUT2D eigenvalue weighted by atomic mass is 9.80. The molecule has 1 atom stereocenters. The lowest BCUT2D eigenvalue weighted by Crippen LogP contribution is -2.38. The molecule has 0 amide bonds. The molecule has 0 radical (unpaired) electrons. The Kier molecular flexibility index (Phi) is 5.46. The van der Waals surface area contributed by atoms with Gasteiger partial charge in [-0.1, -0.05) is 6.07 Å². The molecule has 1 aliphatic rings. The number of rotatable bonds is 5. The van der Waals surface area contributed by atoms with Crippen molar-refractivity contribution in [3.05, 3.63) is 35.4 Å². The Bertz CT molecular complexity index is 434. The largest absolute Gasteiger partial charge is 0.395 e. The minimum absolute atomic E-state index is 0.0631. The van der Waals surface area contributed by atoms with Gasteiger partial charge in [0.25, 0.3) is 0 Å². The zero-order chi connectivity index (χ0) is 14.5. The van der Waals surface area contributed by atoms with Crippen LogP contribution in [0.25, 0.3) is 0 Å². The van der Waals surface area contributed by atoms with E-state index in [2.05, 4.69) is 4.90 Å². The Balaban J connectivity index is 2.05. The maximum Gasteiger partial charge on any atom is 0.129 e. The summed E-state index contributed by atoms with van der Waals surface area (Å²) < 4.78 is 26.9. The normalized spacial score (nSPS) is 19.2. The van der Waals surface area contributed by atoms with Gasteiger partial charge in [0.15, 0.2) is 0 Å². The fraction of sp³-hybridized carbons (Fsp3) is 0.600. The molecule has 20 heavy (non-hydrogen) atoms. The first-order valence-electron chi connectivity index (χ1n) is 7.14. The number of nitrogens with zero attached hydrogens (tertiary/aromatic N) is 1. The molecule has 1 aromatic rings. The molecule has 0 bridgehead atoms. The van der Waals surface area contributed by atoms with Gasteiger partial charge in [-0.05, 0) is 50.0 Å². The molecule has 2 rings (SSSR count). The van der Waals surface area contributed by atoms with Crippen LogP contribution in [0.4, 0.5) is 8.78 Å². The third kappa shape index (κ3) is 3.53. The molecule has 1 aromatic carbocycles. The molecule has 112 valence electrons. The first-order chi connectivity index (χ1) is 9.65. The van der Waals surface area contributed by atoms with Gasteiger partial charge in [-0.15, -0.1) is 0 Å². The number of aliphatic hydroxyl groups is 1. The Morgan fingerprint density at radius 1 is 1.30 bits per heavy atom. The molecule has 1 aliphatic heterocycles. The number of nitrogens with two attached hydrogens (primary N) is 1. The number of benzene rings is 1. The van der Waals surface area contributed by atoms with Crippen LogP contribution < -0.4 is 5.73 Å². The summed E-state index contributed by atoms with van der Waals surface area (Å²) in [7, 11) is 0. The number of piperidine rings is 1. The van der Waals surface area contributed by atoms with Crippen molar-refractivity contribution < 1.29 is 13.9 Å². The predicted octanol–water partition coefficient (Wildman–Crippen LogP) is 1.71. The molecule has 1 fully saturated rings. The van der Waals surface area contributed by atoms with Crippen molar-refractivity contribution in [2.24, 2.45) is 11.7 Å². The first kappa shape index (κ1) is 15.4. The van der Waals surface area contributed by atoms with Crippen molar-refractivity contribution in [1.82, 2.24) is 4.90 Å². The lowest BCUT2D eigenvalue weighted by Gasteiger charge is -2.35. The van der Waals surface area contributed by atoms with Crippen molar-refractivity contribution in [1.29, 1.82) is 0 Å². The summed E-state index contributed by atoms with van der Waals surface area (Å²) in [5, 5.41) is 8.93. The van der Waals surface area contributed by atoms with E-state index in [1.165, 1.54) is 12.1 Å². The Hall–Kier alpha value is -1.04. The highest BCUT2D eigenvalue weighted by atomic mass is 19.1. The van der Waals surface area contributed by atoms with Crippen LogP contribution in [-0.2, 0) is 0 Å². The van der Waals surface area contributed by atoms with Crippen molar-refractivity contribution >= 4 is 0 Å². The minimum atomic E-state index is -0.556. The Morgan fingerprint density at radius 2 is 2.00 bits per heavy atom. The van der Waals surface area contributed by atoms with E-state index in [0.717, 1.165) is 32.0 Å². The average molecular weight is 284 g/mol. The Morgan fingerprint density at radius 3 is 2.55 bits per heavy atom. The molecular weight excluding hydrogens is 262 g/mol. The summed E-state index contributed by atoms with van der Waals surface area (Å²) in [5.74, 6) is -0.806. The van der Waals surface area contributed by atoms with Crippen LogP contribution in [0.15, 0.2) is 18.2 Å². The molecule has 3 N–H and O–H groups in total. The molecule has 1 heterocycles. The molecule has 0 saturated carbocycles. The summed E-state index contributed by atoms with van der Waals surface area (Å²) in [6.45, 7) is 3.00. The standard InChI is InChI=1S/C15H22F2N2O/c16-12-1-2-13(15(17)9-12)14(10-18)11-3-5-19(6-4-11)7-8-20/h1-2,9,11,14,20H,3-8,10,18H2. The average Bonchev–Trinajstić information content (AvgIpc) is 2.44. The van der Waals surface area contributed by atoms with E-state index in [0.29, 0.717) is 24.6 Å². The summed E-state index contributed by atoms with van der Waals surface area (Å²) in [6.07, 6.45) is 1.86. The van der Waals surface area contributed by atoms with Crippen molar-refractivity contribution in [2.75, 3.05) is 32.8 Å². The molecule has 1 saturated heterocycles. The van der Waals surface area contributed by atoms with E-state index in [9.17, 15) is 8.78 Å². The van der Waals surface area contributed by atoms with Gasteiger partial charge in [-0.25, -0.2) is 8.78 Å². The van der Waals surface area contributed by atoms with E-state index in [4.69, 9.17) is 10.8 Å². The van der Waals surface area contributed by atoms with Crippen LogP contribution in [-0.4, -0.2) is 42.8 Å².